The van der Waals surface area contributed by atoms with Gasteiger partial charge in [0.2, 0.25) is 0 Å². The Labute approximate surface area is 204 Å². The second-order valence-corrected chi connectivity index (χ2v) is 10.0. The molecule has 1 aliphatic heterocycles. The van der Waals surface area contributed by atoms with Gasteiger partial charge in [0.25, 0.3) is 5.91 Å². The standard InChI is InChI=1S/C26H24FN3O4S/c1-34-24-11-7-20(17-19(24)6-9-22-5-3-4-12-28-22)26(31)30-15-13-29(14-16-30)23-10-8-21(27)18-25(23)35(2,32)33/h3-5,7-8,10-12,17-18H,13-16H2,1-2H3. The number of aromatic nitrogens is 1. The molecule has 0 saturated carbocycles. The van der Waals surface area contributed by atoms with Crippen LogP contribution in [-0.4, -0.2) is 63.8 Å². The summed E-state index contributed by atoms with van der Waals surface area (Å²) in [5, 5.41) is 0. The zero-order chi connectivity index (χ0) is 25.0. The first-order chi connectivity index (χ1) is 16.8. The van der Waals surface area contributed by atoms with E-state index in [2.05, 4.69) is 16.8 Å². The van der Waals surface area contributed by atoms with Crippen LogP contribution >= 0.6 is 0 Å². The Kier molecular flexibility index (Phi) is 7.03. The number of amides is 1. The summed E-state index contributed by atoms with van der Waals surface area (Å²) in [6.45, 7) is 1.62. The second kappa shape index (κ2) is 10.2. The molecule has 1 aromatic heterocycles. The Hall–Kier alpha value is -3.90. The third-order valence-corrected chi connectivity index (χ3v) is 6.79. The number of benzene rings is 2. The quantitative estimate of drug-likeness (QED) is 0.520. The van der Waals surface area contributed by atoms with Crippen molar-refractivity contribution < 1.29 is 22.3 Å². The van der Waals surface area contributed by atoms with E-state index in [4.69, 9.17) is 4.74 Å². The van der Waals surface area contributed by atoms with Gasteiger partial charge in [0, 0.05) is 44.2 Å². The highest BCUT2D eigenvalue weighted by Gasteiger charge is 2.26. The minimum Gasteiger partial charge on any atom is -0.495 e. The summed E-state index contributed by atoms with van der Waals surface area (Å²) in [6.07, 6.45) is 2.72. The van der Waals surface area contributed by atoms with Crippen LogP contribution in [0.1, 0.15) is 21.6 Å². The van der Waals surface area contributed by atoms with Crippen molar-refractivity contribution in [3.05, 3.63) is 83.4 Å². The molecule has 4 rings (SSSR count). The first-order valence-electron chi connectivity index (χ1n) is 10.9. The van der Waals surface area contributed by atoms with Crippen molar-refractivity contribution >= 4 is 21.4 Å². The Bertz CT molecular complexity index is 1410. The number of hydrogen-bond donors (Lipinski definition) is 0. The third-order valence-electron chi connectivity index (χ3n) is 5.67. The van der Waals surface area contributed by atoms with Gasteiger partial charge >= 0.3 is 0 Å². The van der Waals surface area contributed by atoms with Crippen molar-refractivity contribution in [3.63, 3.8) is 0 Å². The van der Waals surface area contributed by atoms with Gasteiger partial charge in [-0.3, -0.25) is 4.79 Å². The van der Waals surface area contributed by atoms with Gasteiger partial charge in [-0.05, 0) is 54.5 Å². The zero-order valence-corrected chi connectivity index (χ0v) is 20.2. The van der Waals surface area contributed by atoms with Gasteiger partial charge in [0.05, 0.1) is 23.3 Å². The molecule has 0 atom stereocenters. The number of hydrogen-bond acceptors (Lipinski definition) is 6. The number of halogens is 1. The maximum atomic E-state index is 13.7. The molecule has 1 amide bonds. The third kappa shape index (κ3) is 5.61. The SMILES string of the molecule is COc1ccc(C(=O)N2CCN(c3ccc(F)cc3S(C)(=O)=O)CC2)cc1C#Cc1ccccn1. The highest BCUT2D eigenvalue weighted by atomic mass is 32.2. The summed E-state index contributed by atoms with van der Waals surface area (Å²) >= 11 is 0. The molecule has 2 aromatic carbocycles. The fourth-order valence-electron chi connectivity index (χ4n) is 3.89. The van der Waals surface area contributed by atoms with E-state index in [0.717, 1.165) is 12.3 Å². The van der Waals surface area contributed by atoms with E-state index in [0.29, 0.717) is 54.4 Å². The Morgan fingerprint density at radius 3 is 2.46 bits per heavy atom. The molecule has 9 heteroatoms. The average molecular weight is 494 g/mol. The zero-order valence-electron chi connectivity index (χ0n) is 19.4. The summed E-state index contributed by atoms with van der Waals surface area (Å²) in [5.41, 5.74) is 2.10. The van der Waals surface area contributed by atoms with Crippen LogP contribution in [0, 0.1) is 17.7 Å². The number of anilines is 1. The van der Waals surface area contributed by atoms with Crippen LogP contribution in [0.4, 0.5) is 10.1 Å². The molecule has 0 unspecified atom stereocenters. The van der Waals surface area contributed by atoms with Gasteiger partial charge in [-0.2, -0.15) is 0 Å². The number of rotatable bonds is 4. The maximum Gasteiger partial charge on any atom is 0.254 e. The fraction of sp³-hybridized carbons (Fsp3) is 0.231. The molecule has 0 spiro atoms. The van der Waals surface area contributed by atoms with Gasteiger partial charge in [0.15, 0.2) is 9.84 Å². The molecule has 3 aromatic rings. The van der Waals surface area contributed by atoms with Gasteiger partial charge in [0.1, 0.15) is 17.3 Å². The van der Waals surface area contributed by atoms with Crippen molar-refractivity contribution in [2.45, 2.75) is 4.90 Å². The predicted octanol–water partition coefficient (Wildman–Crippen LogP) is 3.00. The predicted molar refractivity (Wildman–Crippen MR) is 131 cm³/mol. The first kappa shape index (κ1) is 24.2. The topological polar surface area (TPSA) is 79.8 Å². The lowest BCUT2D eigenvalue weighted by molar-refractivity contribution is 0.0746. The number of pyridine rings is 1. The van der Waals surface area contributed by atoms with Crippen LogP contribution in [-0.2, 0) is 9.84 Å². The molecule has 180 valence electrons. The van der Waals surface area contributed by atoms with E-state index in [9.17, 15) is 17.6 Å². The monoisotopic (exact) mass is 493 g/mol. The normalized spacial score (nSPS) is 13.7. The number of sulfone groups is 1. The van der Waals surface area contributed by atoms with Crippen molar-refractivity contribution in [3.8, 4) is 17.6 Å². The van der Waals surface area contributed by atoms with E-state index < -0.39 is 15.7 Å². The van der Waals surface area contributed by atoms with Gasteiger partial charge in [-0.1, -0.05) is 12.0 Å². The highest BCUT2D eigenvalue weighted by molar-refractivity contribution is 7.90. The van der Waals surface area contributed by atoms with E-state index in [1.165, 1.54) is 12.1 Å². The summed E-state index contributed by atoms with van der Waals surface area (Å²) in [5.74, 6) is 5.80. The first-order valence-corrected chi connectivity index (χ1v) is 12.8. The van der Waals surface area contributed by atoms with Crippen LogP contribution in [0.25, 0.3) is 0 Å². The molecular weight excluding hydrogens is 469 g/mol. The number of methoxy groups -OCH3 is 1. The largest absolute Gasteiger partial charge is 0.495 e. The molecule has 35 heavy (non-hydrogen) atoms. The van der Waals surface area contributed by atoms with Crippen LogP contribution in [0.5, 0.6) is 5.75 Å². The van der Waals surface area contributed by atoms with Gasteiger partial charge < -0.3 is 14.5 Å². The number of carbonyl (C=O) groups excluding carboxylic acids is 1. The number of carbonyl (C=O) groups is 1. The number of nitrogens with zero attached hydrogens (tertiary/aromatic N) is 3. The van der Waals surface area contributed by atoms with Crippen molar-refractivity contribution in [2.24, 2.45) is 0 Å². The number of piperazine rings is 1. The summed E-state index contributed by atoms with van der Waals surface area (Å²) in [4.78, 5) is 20.9. The molecular formula is C26H24FN3O4S. The van der Waals surface area contributed by atoms with Crippen LogP contribution in [0.3, 0.4) is 0 Å². The van der Waals surface area contributed by atoms with Gasteiger partial charge in [-0.25, -0.2) is 17.8 Å². The lowest BCUT2D eigenvalue weighted by atomic mass is 10.1. The molecule has 0 N–H and O–H groups in total. The molecule has 1 fully saturated rings. The molecule has 0 bridgehead atoms. The fourth-order valence-corrected chi connectivity index (χ4v) is 4.79. The highest BCUT2D eigenvalue weighted by Crippen LogP contribution is 2.28. The Morgan fingerprint density at radius 2 is 1.80 bits per heavy atom. The van der Waals surface area contributed by atoms with E-state index in [1.807, 2.05) is 17.0 Å². The molecule has 0 radical (unpaired) electrons. The average Bonchev–Trinajstić information content (AvgIpc) is 2.87. The van der Waals surface area contributed by atoms with Crippen molar-refractivity contribution in [1.82, 2.24) is 9.88 Å². The van der Waals surface area contributed by atoms with Crippen molar-refractivity contribution in [2.75, 3.05) is 44.4 Å². The maximum absolute atomic E-state index is 13.7. The van der Waals surface area contributed by atoms with E-state index in [-0.39, 0.29) is 10.8 Å². The Balaban J connectivity index is 1.51. The van der Waals surface area contributed by atoms with Gasteiger partial charge in [-0.15, -0.1) is 0 Å². The van der Waals surface area contributed by atoms with Crippen LogP contribution < -0.4 is 9.64 Å². The van der Waals surface area contributed by atoms with E-state index in [1.54, 1.807) is 42.5 Å². The Morgan fingerprint density at radius 1 is 1.03 bits per heavy atom. The minimum atomic E-state index is -3.61. The summed E-state index contributed by atoms with van der Waals surface area (Å²) in [7, 11) is -2.06. The molecule has 1 saturated heterocycles. The van der Waals surface area contributed by atoms with Crippen LogP contribution in [0.2, 0.25) is 0 Å². The molecule has 7 nitrogen and oxygen atoms in total. The molecule has 0 aliphatic carbocycles. The summed E-state index contributed by atoms with van der Waals surface area (Å²) < 4.78 is 43.4. The second-order valence-electron chi connectivity index (χ2n) is 8.04. The van der Waals surface area contributed by atoms with Crippen molar-refractivity contribution in [1.29, 1.82) is 0 Å². The molecule has 1 aliphatic rings. The number of ether oxygens (including phenoxy) is 1. The minimum absolute atomic E-state index is 0.0523. The molecule has 2 heterocycles. The lowest BCUT2D eigenvalue weighted by Gasteiger charge is -2.36. The summed E-state index contributed by atoms with van der Waals surface area (Å²) in [6, 6.07) is 14.3. The smallest absolute Gasteiger partial charge is 0.254 e. The van der Waals surface area contributed by atoms with E-state index >= 15 is 0 Å². The lowest BCUT2D eigenvalue weighted by Crippen LogP contribution is -2.49. The van der Waals surface area contributed by atoms with Crippen LogP contribution in [0.15, 0.2) is 65.7 Å².